The summed E-state index contributed by atoms with van der Waals surface area (Å²) in [6.07, 6.45) is 1.01. The first-order valence-corrected chi connectivity index (χ1v) is 8.85. The Kier molecular flexibility index (Phi) is 4.97. The molecule has 0 saturated carbocycles. The van der Waals surface area contributed by atoms with Crippen molar-refractivity contribution in [1.82, 2.24) is 10.2 Å². The second kappa shape index (κ2) is 7.15. The maximum absolute atomic E-state index is 12.4. The van der Waals surface area contributed by atoms with Gasteiger partial charge in [0.15, 0.2) is 0 Å². The van der Waals surface area contributed by atoms with Crippen LogP contribution in [0.25, 0.3) is 0 Å². The molecule has 1 aromatic heterocycles. The van der Waals surface area contributed by atoms with Crippen molar-refractivity contribution in [1.29, 1.82) is 0 Å². The van der Waals surface area contributed by atoms with Gasteiger partial charge in [-0.15, -0.1) is 11.3 Å². The van der Waals surface area contributed by atoms with E-state index >= 15 is 0 Å². The predicted molar refractivity (Wildman–Crippen MR) is 96.5 cm³/mol. The van der Waals surface area contributed by atoms with E-state index in [-0.39, 0.29) is 11.8 Å². The van der Waals surface area contributed by atoms with Crippen molar-refractivity contribution in [3.05, 3.63) is 51.2 Å². The zero-order valence-corrected chi connectivity index (χ0v) is 14.7. The fourth-order valence-corrected chi connectivity index (χ4v) is 3.88. The number of benzene rings is 1. The highest BCUT2D eigenvalue weighted by molar-refractivity contribution is 7.10. The van der Waals surface area contributed by atoms with Crippen molar-refractivity contribution in [2.45, 2.75) is 19.9 Å². The second-order valence-electron chi connectivity index (χ2n) is 5.94. The lowest BCUT2D eigenvalue weighted by atomic mass is 10.1. The largest absolute Gasteiger partial charge is 0.355 e. The number of anilines is 1. The highest BCUT2D eigenvalue weighted by Gasteiger charge is 2.20. The fraction of sp³-hybridized carbons (Fsp3) is 0.333. The minimum atomic E-state index is -0.149. The lowest BCUT2D eigenvalue weighted by molar-refractivity contribution is -0.117. The van der Waals surface area contributed by atoms with E-state index in [1.807, 2.05) is 13.0 Å². The maximum Gasteiger partial charge on any atom is 0.251 e. The minimum absolute atomic E-state index is 0.0502. The van der Waals surface area contributed by atoms with Gasteiger partial charge < -0.3 is 10.6 Å². The number of hydrogen-bond acceptors (Lipinski definition) is 4. The van der Waals surface area contributed by atoms with Crippen LogP contribution in [0.2, 0.25) is 0 Å². The van der Waals surface area contributed by atoms with E-state index in [1.54, 1.807) is 30.5 Å². The number of carbonyl (C=O) groups excluding carboxylic acids is 2. The second-order valence-corrected chi connectivity index (χ2v) is 6.94. The number of hydrogen-bond donors (Lipinski definition) is 2. The quantitative estimate of drug-likeness (QED) is 0.896. The lowest BCUT2D eigenvalue weighted by Gasteiger charge is -2.26. The summed E-state index contributed by atoms with van der Waals surface area (Å²) in [4.78, 5) is 27.8. The van der Waals surface area contributed by atoms with Crippen LogP contribution in [-0.4, -0.2) is 36.9 Å². The van der Waals surface area contributed by atoms with Crippen LogP contribution in [0.4, 0.5) is 5.69 Å². The van der Waals surface area contributed by atoms with E-state index in [0.29, 0.717) is 17.8 Å². The molecular formula is C18H21N3O2S. The van der Waals surface area contributed by atoms with Crippen molar-refractivity contribution in [2.24, 2.45) is 0 Å². The molecule has 2 aromatic rings. The van der Waals surface area contributed by atoms with E-state index in [9.17, 15) is 9.59 Å². The van der Waals surface area contributed by atoms with Gasteiger partial charge in [-0.25, -0.2) is 0 Å². The molecule has 2 heterocycles. The summed E-state index contributed by atoms with van der Waals surface area (Å²) < 4.78 is 0. The summed E-state index contributed by atoms with van der Waals surface area (Å²) >= 11 is 1.79. The van der Waals surface area contributed by atoms with E-state index in [4.69, 9.17) is 0 Å². The summed E-state index contributed by atoms with van der Waals surface area (Å²) in [6, 6.07) is 7.51. The number of thiophene rings is 1. The van der Waals surface area contributed by atoms with Crippen molar-refractivity contribution < 1.29 is 9.59 Å². The summed E-state index contributed by atoms with van der Waals surface area (Å²) in [5.41, 5.74) is 3.38. The molecule has 0 aliphatic carbocycles. The summed E-state index contributed by atoms with van der Waals surface area (Å²) in [7, 11) is 1.60. The third-order valence-electron chi connectivity index (χ3n) is 4.33. The molecule has 2 amide bonds. The van der Waals surface area contributed by atoms with Crippen molar-refractivity contribution in [3.63, 3.8) is 0 Å². The number of amides is 2. The Balaban J connectivity index is 1.64. The molecular weight excluding hydrogens is 322 g/mol. The molecule has 0 saturated heterocycles. The SMILES string of the molecule is CNC(=O)c1cccc(NC(=O)CN2CCc3sccc3C2)c1C. The number of nitrogens with zero attached hydrogens (tertiary/aromatic N) is 1. The van der Waals surface area contributed by atoms with Gasteiger partial charge in [-0.1, -0.05) is 6.07 Å². The molecule has 3 rings (SSSR count). The first-order chi connectivity index (χ1) is 11.6. The van der Waals surface area contributed by atoms with E-state index < -0.39 is 0 Å². The molecule has 1 aliphatic heterocycles. The van der Waals surface area contributed by atoms with E-state index in [0.717, 1.165) is 25.1 Å². The highest BCUT2D eigenvalue weighted by Crippen LogP contribution is 2.24. The number of carbonyl (C=O) groups is 2. The Labute approximate surface area is 145 Å². The van der Waals surface area contributed by atoms with Crippen LogP contribution < -0.4 is 10.6 Å². The molecule has 0 atom stereocenters. The zero-order valence-electron chi connectivity index (χ0n) is 13.9. The van der Waals surface area contributed by atoms with Gasteiger partial charge in [0.25, 0.3) is 5.91 Å². The normalized spacial score (nSPS) is 14.1. The lowest BCUT2D eigenvalue weighted by Crippen LogP contribution is -2.36. The topological polar surface area (TPSA) is 61.4 Å². The van der Waals surface area contributed by atoms with Crippen molar-refractivity contribution in [2.75, 3.05) is 25.5 Å². The van der Waals surface area contributed by atoms with Crippen molar-refractivity contribution in [3.8, 4) is 0 Å². The first kappa shape index (κ1) is 16.7. The van der Waals surface area contributed by atoms with Gasteiger partial charge >= 0.3 is 0 Å². The Morgan fingerprint density at radius 1 is 1.29 bits per heavy atom. The third kappa shape index (κ3) is 3.49. The molecule has 2 N–H and O–H groups in total. The monoisotopic (exact) mass is 343 g/mol. The Hall–Kier alpha value is -2.18. The van der Waals surface area contributed by atoms with Crippen LogP contribution in [0.15, 0.2) is 29.6 Å². The smallest absolute Gasteiger partial charge is 0.251 e. The van der Waals surface area contributed by atoms with Crippen LogP contribution in [0, 0.1) is 6.92 Å². The molecule has 0 unspecified atom stereocenters. The van der Waals surface area contributed by atoms with Crippen LogP contribution >= 0.6 is 11.3 Å². The van der Waals surface area contributed by atoms with Crippen molar-refractivity contribution >= 4 is 28.8 Å². The van der Waals surface area contributed by atoms with Gasteiger partial charge in [0.2, 0.25) is 5.91 Å². The fourth-order valence-electron chi connectivity index (χ4n) is 2.99. The Morgan fingerprint density at radius 2 is 2.12 bits per heavy atom. The van der Waals surface area contributed by atoms with Crippen LogP contribution in [0.1, 0.15) is 26.4 Å². The first-order valence-electron chi connectivity index (χ1n) is 7.97. The predicted octanol–water partition coefficient (Wildman–Crippen LogP) is 2.41. The molecule has 0 radical (unpaired) electrons. The van der Waals surface area contributed by atoms with Gasteiger partial charge in [-0.05, 0) is 48.1 Å². The zero-order chi connectivity index (χ0) is 17.1. The van der Waals surface area contributed by atoms with Crippen LogP contribution in [-0.2, 0) is 17.8 Å². The molecule has 0 bridgehead atoms. The molecule has 5 nitrogen and oxygen atoms in total. The average molecular weight is 343 g/mol. The molecule has 126 valence electrons. The molecule has 0 spiro atoms. The summed E-state index contributed by atoms with van der Waals surface area (Å²) in [6.45, 7) is 3.93. The third-order valence-corrected chi connectivity index (χ3v) is 5.36. The Bertz CT molecular complexity index is 769. The molecule has 1 aromatic carbocycles. The van der Waals surface area contributed by atoms with Gasteiger partial charge in [-0.2, -0.15) is 0 Å². The molecule has 6 heteroatoms. The maximum atomic E-state index is 12.4. The molecule has 24 heavy (non-hydrogen) atoms. The highest BCUT2D eigenvalue weighted by atomic mass is 32.1. The van der Waals surface area contributed by atoms with E-state index in [1.165, 1.54) is 10.4 Å². The number of rotatable bonds is 4. The van der Waals surface area contributed by atoms with Crippen LogP contribution in [0.5, 0.6) is 0 Å². The van der Waals surface area contributed by atoms with Gasteiger partial charge in [0, 0.05) is 36.3 Å². The molecule has 0 fully saturated rings. The Morgan fingerprint density at radius 3 is 2.92 bits per heavy atom. The summed E-state index contributed by atoms with van der Waals surface area (Å²) in [5.74, 6) is -0.199. The van der Waals surface area contributed by atoms with E-state index in [2.05, 4.69) is 27.0 Å². The molecule has 1 aliphatic rings. The van der Waals surface area contributed by atoms with Gasteiger partial charge in [0.05, 0.1) is 6.54 Å². The standard InChI is InChI=1S/C18H21N3O2S/c1-12-14(18(23)19-2)4-3-5-15(12)20-17(22)11-21-8-6-16-13(10-21)7-9-24-16/h3-5,7,9H,6,8,10-11H2,1-2H3,(H,19,23)(H,20,22). The van der Waals surface area contributed by atoms with Crippen LogP contribution in [0.3, 0.4) is 0 Å². The summed E-state index contributed by atoms with van der Waals surface area (Å²) in [5, 5.41) is 7.67. The number of nitrogens with one attached hydrogen (secondary N) is 2. The van der Waals surface area contributed by atoms with Gasteiger partial charge in [-0.3, -0.25) is 14.5 Å². The van der Waals surface area contributed by atoms with Gasteiger partial charge in [0.1, 0.15) is 0 Å². The average Bonchev–Trinajstić information content (AvgIpc) is 3.03. The minimum Gasteiger partial charge on any atom is -0.355 e. The number of fused-ring (bicyclic) bond motifs is 1.